The Morgan fingerprint density at radius 1 is 1.32 bits per heavy atom. The van der Waals surface area contributed by atoms with Crippen molar-refractivity contribution < 1.29 is 9.90 Å². The van der Waals surface area contributed by atoms with Crippen LogP contribution in [0.25, 0.3) is 0 Å². The number of aryl methyl sites for hydroxylation is 1. The van der Waals surface area contributed by atoms with E-state index in [1.807, 2.05) is 0 Å². The Morgan fingerprint density at radius 3 is 2.53 bits per heavy atom. The van der Waals surface area contributed by atoms with E-state index >= 15 is 0 Å². The lowest BCUT2D eigenvalue weighted by molar-refractivity contribution is -0.137. The number of hydrogen-bond donors (Lipinski definition) is 3. The van der Waals surface area contributed by atoms with Crippen molar-refractivity contribution in [2.24, 2.45) is 5.92 Å². The van der Waals surface area contributed by atoms with E-state index in [0.29, 0.717) is 23.4 Å². The van der Waals surface area contributed by atoms with Gasteiger partial charge in [0.1, 0.15) is 23.5 Å². The predicted octanol–water partition coefficient (Wildman–Crippen LogP) is 2.13. The number of rotatable bonds is 7. The van der Waals surface area contributed by atoms with E-state index in [4.69, 9.17) is 5.11 Å². The number of anilines is 2. The van der Waals surface area contributed by atoms with E-state index in [9.17, 15) is 4.79 Å². The highest BCUT2D eigenvalue weighted by Gasteiger charge is 2.11. The van der Waals surface area contributed by atoms with Crippen LogP contribution in [0.5, 0.6) is 0 Å². The van der Waals surface area contributed by atoms with Crippen LogP contribution in [0.4, 0.5) is 11.6 Å². The van der Waals surface area contributed by atoms with Crippen molar-refractivity contribution in [2.75, 3.05) is 17.2 Å². The van der Waals surface area contributed by atoms with E-state index in [0.717, 1.165) is 13.0 Å². The molecule has 0 bridgehead atoms. The molecule has 1 aromatic heterocycles. The Labute approximate surface area is 113 Å². The monoisotopic (exact) mass is 266 g/mol. The standard InChI is InChI=1S/C13H22N4O2/c1-8(2)5-6-14-11-7-12(17-10(4)16-11)15-9(3)13(18)19/h7-9H,5-6H2,1-4H3,(H,18,19)(H2,14,15,16,17). The molecule has 0 aliphatic carbocycles. The molecule has 3 N–H and O–H groups in total. The zero-order valence-corrected chi connectivity index (χ0v) is 11.9. The molecule has 1 aromatic rings. The van der Waals surface area contributed by atoms with Gasteiger partial charge in [0.2, 0.25) is 0 Å². The Morgan fingerprint density at radius 2 is 1.95 bits per heavy atom. The quantitative estimate of drug-likeness (QED) is 0.700. The van der Waals surface area contributed by atoms with Gasteiger partial charge >= 0.3 is 5.97 Å². The van der Waals surface area contributed by atoms with E-state index in [1.165, 1.54) is 0 Å². The SMILES string of the molecule is Cc1nc(NCCC(C)C)cc(NC(C)C(=O)O)n1. The minimum Gasteiger partial charge on any atom is -0.480 e. The summed E-state index contributed by atoms with van der Waals surface area (Å²) < 4.78 is 0. The number of hydrogen-bond acceptors (Lipinski definition) is 5. The maximum atomic E-state index is 10.8. The second kappa shape index (κ2) is 6.92. The van der Waals surface area contributed by atoms with Crippen molar-refractivity contribution in [2.45, 2.75) is 40.2 Å². The molecule has 0 fully saturated rings. The van der Waals surface area contributed by atoms with Gasteiger partial charge in [0.05, 0.1) is 0 Å². The molecule has 1 heterocycles. The van der Waals surface area contributed by atoms with Gasteiger partial charge in [-0.1, -0.05) is 13.8 Å². The van der Waals surface area contributed by atoms with Crippen LogP contribution in [-0.4, -0.2) is 33.6 Å². The Balaban J connectivity index is 2.68. The zero-order chi connectivity index (χ0) is 14.4. The van der Waals surface area contributed by atoms with Gasteiger partial charge in [0.25, 0.3) is 0 Å². The average molecular weight is 266 g/mol. The normalized spacial score (nSPS) is 12.3. The molecule has 0 aromatic carbocycles. The maximum absolute atomic E-state index is 10.8. The molecule has 1 atom stereocenters. The largest absolute Gasteiger partial charge is 0.480 e. The molecule has 0 saturated carbocycles. The van der Waals surface area contributed by atoms with E-state index in [2.05, 4.69) is 34.4 Å². The first kappa shape index (κ1) is 15.2. The second-order valence-electron chi connectivity index (χ2n) is 5.00. The summed E-state index contributed by atoms with van der Waals surface area (Å²) in [5.41, 5.74) is 0. The van der Waals surface area contributed by atoms with E-state index in [1.54, 1.807) is 19.9 Å². The number of nitrogens with one attached hydrogen (secondary N) is 2. The summed E-state index contributed by atoms with van der Waals surface area (Å²) in [6.45, 7) is 8.51. The molecular formula is C13H22N4O2. The van der Waals surface area contributed by atoms with Gasteiger partial charge in [0.15, 0.2) is 0 Å². The summed E-state index contributed by atoms with van der Waals surface area (Å²) in [7, 11) is 0. The highest BCUT2D eigenvalue weighted by Crippen LogP contribution is 2.12. The fourth-order valence-corrected chi connectivity index (χ4v) is 1.50. The number of nitrogens with zero attached hydrogens (tertiary/aromatic N) is 2. The number of carboxylic acid groups (broad SMARTS) is 1. The minimum absolute atomic E-state index is 0.523. The smallest absolute Gasteiger partial charge is 0.325 e. The average Bonchev–Trinajstić information content (AvgIpc) is 2.27. The highest BCUT2D eigenvalue weighted by atomic mass is 16.4. The molecule has 1 unspecified atom stereocenters. The fraction of sp³-hybridized carbons (Fsp3) is 0.615. The molecule has 0 aliphatic heterocycles. The number of aromatic nitrogens is 2. The molecule has 0 radical (unpaired) electrons. The van der Waals surface area contributed by atoms with E-state index in [-0.39, 0.29) is 0 Å². The zero-order valence-electron chi connectivity index (χ0n) is 11.9. The van der Waals surface area contributed by atoms with Crippen LogP contribution in [0.3, 0.4) is 0 Å². The molecule has 19 heavy (non-hydrogen) atoms. The van der Waals surface area contributed by atoms with Gasteiger partial charge in [-0.2, -0.15) is 0 Å². The van der Waals surface area contributed by atoms with Gasteiger partial charge < -0.3 is 15.7 Å². The van der Waals surface area contributed by atoms with Gasteiger partial charge in [-0.05, 0) is 26.2 Å². The third-order valence-corrected chi connectivity index (χ3v) is 2.60. The van der Waals surface area contributed by atoms with Crippen molar-refractivity contribution in [3.05, 3.63) is 11.9 Å². The summed E-state index contributed by atoms with van der Waals surface area (Å²) in [5, 5.41) is 14.9. The molecule has 6 nitrogen and oxygen atoms in total. The first-order valence-electron chi connectivity index (χ1n) is 6.47. The Kier molecular flexibility index (Phi) is 5.54. The summed E-state index contributed by atoms with van der Waals surface area (Å²) in [6.07, 6.45) is 1.05. The summed E-state index contributed by atoms with van der Waals surface area (Å²) in [4.78, 5) is 19.2. The minimum atomic E-state index is -0.911. The summed E-state index contributed by atoms with van der Waals surface area (Å²) in [6, 6.07) is 1.05. The maximum Gasteiger partial charge on any atom is 0.325 e. The van der Waals surface area contributed by atoms with Crippen molar-refractivity contribution >= 4 is 17.6 Å². The van der Waals surface area contributed by atoms with Gasteiger partial charge in [0, 0.05) is 12.6 Å². The van der Waals surface area contributed by atoms with Crippen LogP contribution < -0.4 is 10.6 Å². The topological polar surface area (TPSA) is 87.1 Å². The lowest BCUT2D eigenvalue weighted by Crippen LogP contribution is -2.26. The lowest BCUT2D eigenvalue weighted by atomic mass is 10.1. The molecular weight excluding hydrogens is 244 g/mol. The van der Waals surface area contributed by atoms with Crippen molar-refractivity contribution in [1.82, 2.24) is 9.97 Å². The molecule has 0 saturated heterocycles. The van der Waals surface area contributed by atoms with Crippen LogP contribution in [-0.2, 0) is 4.79 Å². The van der Waals surface area contributed by atoms with Gasteiger partial charge in [-0.15, -0.1) is 0 Å². The van der Waals surface area contributed by atoms with Crippen LogP contribution in [0, 0.1) is 12.8 Å². The third-order valence-electron chi connectivity index (χ3n) is 2.60. The second-order valence-corrected chi connectivity index (χ2v) is 5.00. The van der Waals surface area contributed by atoms with Crippen LogP contribution in [0.15, 0.2) is 6.07 Å². The van der Waals surface area contributed by atoms with Crippen molar-refractivity contribution in [1.29, 1.82) is 0 Å². The Hall–Kier alpha value is -1.85. The molecule has 6 heteroatoms. The lowest BCUT2D eigenvalue weighted by Gasteiger charge is -2.13. The number of aliphatic carboxylic acids is 1. The third kappa shape index (κ3) is 5.54. The molecule has 0 spiro atoms. The first-order valence-corrected chi connectivity index (χ1v) is 6.47. The Bertz CT molecular complexity index is 435. The van der Waals surface area contributed by atoms with Crippen LogP contribution in [0.2, 0.25) is 0 Å². The van der Waals surface area contributed by atoms with Crippen molar-refractivity contribution in [3.8, 4) is 0 Å². The number of carbonyl (C=O) groups is 1. The molecule has 0 amide bonds. The summed E-state index contributed by atoms with van der Waals surface area (Å²) >= 11 is 0. The van der Waals surface area contributed by atoms with E-state index < -0.39 is 12.0 Å². The van der Waals surface area contributed by atoms with Crippen LogP contribution >= 0.6 is 0 Å². The molecule has 1 rings (SSSR count). The molecule has 0 aliphatic rings. The number of carboxylic acids is 1. The highest BCUT2D eigenvalue weighted by molar-refractivity contribution is 5.76. The molecule has 106 valence electrons. The summed E-state index contributed by atoms with van der Waals surface area (Å²) in [5.74, 6) is 1.56. The van der Waals surface area contributed by atoms with Crippen LogP contribution in [0.1, 0.15) is 33.0 Å². The predicted molar refractivity (Wildman–Crippen MR) is 75.4 cm³/mol. The first-order chi connectivity index (χ1) is 8.88. The van der Waals surface area contributed by atoms with Gasteiger partial charge in [-0.3, -0.25) is 4.79 Å². The fourth-order valence-electron chi connectivity index (χ4n) is 1.50. The van der Waals surface area contributed by atoms with Gasteiger partial charge in [-0.25, -0.2) is 9.97 Å². The van der Waals surface area contributed by atoms with Crippen molar-refractivity contribution in [3.63, 3.8) is 0 Å².